The fourth-order valence-corrected chi connectivity index (χ4v) is 4.42. The summed E-state index contributed by atoms with van der Waals surface area (Å²) < 4.78 is 39.5. The van der Waals surface area contributed by atoms with E-state index >= 15 is 0 Å². The van der Waals surface area contributed by atoms with Crippen LogP contribution in [0.5, 0.6) is 0 Å². The number of fused-ring (bicyclic) bond motifs is 5. The molecule has 1 aliphatic heterocycles. The second-order valence-electron chi connectivity index (χ2n) is 6.63. The fraction of sp³-hybridized carbons (Fsp3) is 0.438. The van der Waals surface area contributed by atoms with Crippen LogP contribution in [-0.2, 0) is 11.0 Å². The molecule has 5 atom stereocenters. The molecule has 2 fully saturated rings. The molecule has 0 aromatic heterocycles. The van der Waals surface area contributed by atoms with Crippen LogP contribution in [0.1, 0.15) is 12.0 Å². The summed E-state index contributed by atoms with van der Waals surface area (Å²) in [4.78, 5) is 23.4. The first-order valence-electron chi connectivity index (χ1n) is 7.75. The Morgan fingerprint density at radius 1 is 1.24 bits per heavy atom. The molecule has 1 amide bonds. The Kier molecular flexibility index (Phi) is 3.24. The third kappa shape index (κ3) is 2.18. The number of aliphatic hydroxyl groups excluding tert-OH is 1. The summed E-state index contributed by atoms with van der Waals surface area (Å²) >= 11 is 0. The Hall–Kier alpha value is -2.42. The maximum absolute atomic E-state index is 13.2. The van der Waals surface area contributed by atoms with Crippen LogP contribution in [0.2, 0.25) is 0 Å². The first kappa shape index (κ1) is 16.1. The van der Waals surface area contributed by atoms with E-state index < -0.39 is 40.4 Å². The zero-order chi connectivity index (χ0) is 18.1. The lowest BCUT2D eigenvalue weighted by molar-refractivity contribution is -0.388. The molecule has 1 saturated carbocycles. The molecule has 25 heavy (non-hydrogen) atoms. The molecule has 0 radical (unpaired) electrons. The first-order chi connectivity index (χ1) is 11.7. The number of aliphatic hydroxyl groups is 1. The van der Waals surface area contributed by atoms with Crippen LogP contribution in [0.3, 0.4) is 0 Å². The fourth-order valence-electron chi connectivity index (χ4n) is 4.42. The van der Waals surface area contributed by atoms with Gasteiger partial charge in [-0.25, -0.2) is 0 Å². The van der Waals surface area contributed by atoms with Crippen molar-refractivity contribution in [3.05, 3.63) is 46.0 Å². The van der Waals surface area contributed by atoms with Gasteiger partial charge >= 0.3 is 6.18 Å². The van der Waals surface area contributed by atoms with Crippen molar-refractivity contribution in [1.82, 2.24) is 0 Å². The van der Waals surface area contributed by atoms with Crippen molar-refractivity contribution in [2.24, 2.45) is 23.7 Å². The molecule has 1 saturated heterocycles. The summed E-state index contributed by atoms with van der Waals surface area (Å²) in [5.74, 6) is -1.22. The normalized spacial score (nSPS) is 33.2. The van der Waals surface area contributed by atoms with Crippen molar-refractivity contribution >= 4 is 17.3 Å². The third-order valence-corrected chi connectivity index (χ3v) is 5.41. The highest BCUT2D eigenvalue weighted by Gasteiger charge is 2.59. The lowest BCUT2D eigenvalue weighted by atomic mass is 9.85. The molecule has 1 aromatic rings. The van der Waals surface area contributed by atoms with Crippen LogP contribution in [0.15, 0.2) is 30.4 Å². The van der Waals surface area contributed by atoms with Crippen LogP contribution in [-0.4, -0.2) is 22.2 Å². The monoisotopic (exact) mass is 354 g/mol. The number of carbonyl (C=O) groups excluding carboxylic acids is 1. The predicted molar refractivity (Wildman–Crippen MR) is 79.3 cm³/mol. The molecule has 2 aliphatic carbocycles. The molecule has 2 bridgehead atoms. The SMILES string of the molecule is O=C1[C@H]2[C@@H](C(O)N1c1ccc([N+](=O)[O-])c(C(F)(F)F)c1)[C@H]1C=C[C@@H]2C1. The van der Waals surface area contributed by atoms with Gasteiger partial charge in [-0.1, -0.05) is 12.2 Å². The lowest BCUT2D eigenvalue weighted by Crippen LogP contribution is -2.37. The summed E-state index contributed by atoms with van der Waals surface area (Å²) in [6.07, 6.45) is -1.57. The van der Waals surface area contributed by atoms with Crippen LogP contribution in [0, 0.1) is 33.8 Å². The van der Waals surface area contributed by atoms with Crippen molar-refractivity contribution < 1.29 is 28.0 Å². The maximum Gasteiger partial charge on any atom is 0.423 e. The molecular formula is C16H13F3N2O4. The van der Waals surface area contributed by atoms with E-state index in [0.29, 0.717) is 6.07 Å². The smallest absolute Gasteiger partial charge is 0.373 e. The topological polar surface area (TPSA) is 83.7 Å². The summed E-state index contributed by atoms with van der Waals surface area (Å²) in [5.41, 5.74) is -2.70. The van der Waals surface area contributed by atoms with E-state index in [9.17, 15) is 33.2 Å². The molecule has 4 rings (SSSR count). The number of allylic oxidation sites excluding steroid dienone is 2. The minimum atomic E-state index is -4.94. The van der Waals surface area contributed by atoms with E-state index in [4.69, 9.17) is 0 Å². The summed E-state index contributed by atoms with van der Waals surface area (Å²) in [5, 5.41) is 21.4. The summed E-state index contributed by atoms with van der Waals surface area (Å²) in [6.45, 7) is 0. The van der Waals surface area contributed by atoms with Gasteiger partial charge in [0.1, 0.15) is 11.8 Å². The van der Waals surface area contributed by atoms with Crippen LogP contribution in [0.25, 0.3) is 0 Å². The van der Waals surface area contributed by atoms with Gasteiger partial charge in [0, 0.05) is 17.7 Å². The van der Waals surface area contributed by atoms with Crippen LogP contribution in [0.4, 0.5) is 24.5 Å². The van der Waals surface area contributed by atoms with Crippen molar-refractivity contribution in [2.75, 3.05) is 4.90 Å². The number of halogens is 3. The number of amides is 1. The molecule has 0 spiro atoms. The Morgan fingerprint density at radius 2 is 1.92 bits per heavy atom. The second kappa shape index (κ2) is 5.04. The minimum absolute atomic E-state index is 0.0118. The highest BCUT2D eigenvalue weighted by molar-refractivity contribution is 5.99. The molecule has 1 unspecified atom stereocenters. The molecule has 132 valence electrons. The van der Waals surface area contributed by atoms with Gasteiger partial charge in [0.15, 0.2) is 0 Å². The van der Waals surface area contributed by atoms with Gasteiger partial charge in [0.2, 0.25) is 5.91 Å². The average molecular weight is 354 g/mol. The van der Waals surface area contributed by atoms with Gasteiger partial charge in [0.25, 0.3) is 5.69 Å². The molecule has 1 aromatic carbocycles. The summed E-state index contributed by atoms with van der Waals surface area (Å²) in [7, 11) is 0. The second-order valence-corrected chi connectivity index (χ2v) is 6.63. The Balaban J connectivity index is 1.76. The molecule has 1 heterocycles. The third-order valence-electron chi connectivity index (χ3n) is 5.41. The number of rotatable bonds is 2. The Labute approximate surface area is 139 Å². The van der Waals surface area contributed by atoms with E-state index in [0.717, 1.165) is 23.5 Å². The zero-order valence-electron chi connectivity index (χ0n) is 12.7. The van der Waals surface area contributed by atoms with Crippen molar-refractivity contribution in [2.45, 2.75) is 18.8 Å². The quantitative estimate of drug-likeness (QED) is 0.503. The number of nitro benzene ring substituents is 1. The number of hydrogen-bond donors (Lipinski definition) is 1. The van der Waals surface area contributed by atoms with E-state index in [-0.39, 0.29) is 23.4 Å². The predicted octanol–water partition coefficient (Wildman–Crippen LogP) is 2.72. The van der Waals surface area contributed by atoms with Gasteiger partial charge in [-0.2, -0.15) is 13.2 Å². The largest absolute Gasteiger partial charge is 0.423 e. The van der Waals surface area contributed by atoms with Crippen LogP contribution >= 0.6 is 0 Å². The van der Waals surface area contributed by atoms with Gasteiger partial charge in [-0.15, -0.1) is 0 Å². The molecule has 3 aliphatic rings. The van der Waals surface area contributed by atoms with Gasteiger partial charge in [-0.3, -0.25) is 19.8 Å². The minimum Gasteiger partial charge on any atom is -0.373 e. The lowest BCUT2D eigenvalue weighted by Gasteiger charge is -2.25. The maximum atomic E-state index is 13.2. The highest BCUT2D eigenvalue weighted by Crippen LogP contribution is 2.55. The number of nitro groups is 1. The number of carbonyl (C=O) groups is 1. The summed E-state index contributed by atoms with van der Waals surface area (Å²) in [6, 6.07) is 2.36. The van der Waals surface area contributed by atoms with E-state index in [1.165, 1.54) is 0 Å². The Morgan fingerprint density at radius 3 is 2.52 bits per heavy atom. The van der Waals surface area contributed by atoms with Gasteiger partial charge in [-0.05, 0) is 30.4 Å². The molecular weight excluding hydrogens is 341 g/mol. The number of nitrogens with zero attached hydrogens (tertiary/aromatic N) is 2. The number of benzene rings is 1. The van der Waals surface area contributed by atoms with Crippen LogP contribution < -0.4 is 4.90 Å². The van der Waals surface area contributed by atoms with Crippen molar-refractivity contribution in [3.63, 3.8) is 0 Å². The molecule has 6 nitrogen and oxygen atoms in total. The van der Waals surface area contributed by atoms with Gasteiger partial charge < -0.3 is 5.11 Å². The van der Waals surface area contributed by atoms with Gasteiger partial charge in [0.05, 0.1) is 10.8 Å². The first-order valence-corrected chi connectivity index (χ1v) is 7.75. The van der Waals surface area contributed by atoms with Crippen molar-refractivity contribution in [3.8, 4) is 0 Å². The number of anilines is 1. The van der Waals surface area contributed by atoms with Crippen molar-refractivity contribution in [1.29, 1.82) is 0 Å². The highest BCUT2D eigenvalue weighted by atomic mass is 19.4. The Bertz CT molecular complexity index is 807. The average Bonchev–Trinajstić information content (AvgIpc) is 3.20. The number of alkyl halides is 3. The molecule has 9 heteroatoms. The van der Waals surface area contributed by atoms with E-state index in [1.54, 1.807) is 0 Å². The van der Waals surface area contributed by atoms with E-state index in [2.05, 4.69) is 0 Å². The molecule has 1 N–H and O–H groups in total. The number of hydrogen-bond acceptors (Lipinski definition) is 4. The standard InChI is InChI=1S/C16H13F3N2O4/c17-16(18,19)10-6-9(3-4-11(10)21(24)25)20-14(22)12-7-1-2-8(5-7)13(12)15(20)23/h1-4,6-8,12-14,22H,5H2/t7-,8+,12-,13+,14?/m0/s1. The van der Waals surface area contributed by atoms with E-state index in [1.807, 2.05) is 12.2 Å². The zero-order valence-corrected chi connectivity index (χ0v) is 12.7.